The van der Waals surface area contributed by atoms with E-state index >= 15 is 0 Å². The summed E-state index contributed by atoms with van der Waals surface area (Å²) < 4.78 is 27.9. The normalized spacial score (nSPS) is 33.5. The van der Waals surface area contributed by atoms with Crippen LogP contribution in [-0.2, 0) is 14.2 Å². The molecule has 5 rings (SSSR count). The van der Waals surface area contributed by atoms with Crippen molar-refractivity contribution < 1.29 is 69.3 Å². The fourth-order valence-corrected chi connectivity index (χ4v) is 4.86. The summed E-state index contributed by atoms with van der Waals surface area (Å²) >= 11 is 0. The number of aliphatic hydroxyl groups excluding tert-OH is 6. The second kappa shape index (κ2) is 11.6. The summed E-state index contributed by atoms with van der Waals surface area (Å²) in [4.78, 5) is 12.7. The largest absolute Gasteiger partial charge is 0.507 e. The van der Waals surface area contributed by atoms with Gasteiger partial charge < -0.3 is 69.3 Å². The molecule has 3 aromatic rings. The van der Waals surface area contributed by atoms with E-state index in [2.05, 4.69) is 0 Å². The Kier molecular flexibility index (Phi) is 8.30. The SMILES string of the molecule is C[C@@H]1O[C@@H](O[C@H]2[C@H](O)[C@@H](O)[C@H](Oc3cc(O)c4c(=O)cc(-c5ccc(O)c(O)c5)oc4c3)O[C@@H]2CO)[C@H](O)[C@H](O)[C@H]1O. The number of hydrogen-bond donors (Lipinski definition) is 9. The number of benzene rings is 2. The molecule has 0 aliphatic carbocycles. The highest BCUT2D eigenvalue weighted by Crippen LogP contribution is 2.36. The molecule has 3 heterocycles. The standard InChI is InChI=1S/C27H30O15/c1-9-20(33)21(34)23(36)26(38-9)42-25-18(8-28)41-27(24(37)22(25)35)39-11-5-14(31)19-15(32)7-16(40-17(19)6-11)10-2-3-12(29)13(30)4-10/h2-7,9,18,20-31,33-37H,8H2,1H3/t9-,18+,20-,21+,22+,23+,24+,25+,26-,27+/m0/s1. The van der Waals surface area contributed by atoms with E-state index in [1.54, 1.807) is 0 Å². The Balaban J connectivity index is 1.38. The van der Waals surface area contributed by atoms with E-state index in [1.807, 2.05) is 0 Å². The molecule has 2 aromatic carbocycles. The van der Waals surface area contributed by atoms with Crippen molar-refractivity contribution in [2.75, 3.05) is 6.61 Å². The van der Waals surface area contributed by atoms with E-state index < -0.39 is 84.9 Å². The van der Waals surface area contributed by atoms with Crippen LogP contribution in [0.4, 0.5) is 0 Å². The Bertz CT molecular complexity index is 1490. The number of phenolic OH excluding ortho intramolecular Hbond substituents is 3. The fourth-order valence-electron chi connectivity index (χ4n) is 4.86. The van der Waals surface area contributed by atoms with Gasteiger partial charge in [0.05, 0.1) is 12.7 Å². The molecule has 0 spiro atoms. The molecule has 2 aliphatic heterocycles. The molecule has 2 saturated heterocycles. The molecule has 42 heavy (non-hydrogen) atoms. The van der Waals surface area contributed by atoms with Gasteiger partial charge >= 0.3 is 0 Å². The average Bonchev–Trinajstić information content (AvgIpc) is 2.95. The lowest BCUT2D eigenvalue weighted by Crippen LogP contribution is -2.64. The quantitative estimate of drug-likeness (QED) is 0.149. The molecule has 0 amide bonds. The fraction of sp³-hybridized carbons (Fsp3) is 0.444. The van der Waals surface area contributed by atoms with Crippen molar-refractivity contribution in [2.24, 2.45) is 0 Å². The number of rotatable bonds is 6. The van der Waals surface area contributed by atoms with Crippen molar-refractivity contribution in [3.05, 3.63) is 46.6 Å². The van der Waals surface area contributed by atoms with Crippen LogP contribution in [0.5, 0.6) is 23.0 Å². The van der Waals surface area contributed by atoms with Crippen LogP contribution < -0.4 is 10.2 Å². The molecule has 10 atom stereocenters. The number of hydrogen-bond acceptors (Lipinski definition) is 15. The maximum absolute atomic E-state index is 12.7. The molecule has 0 unspecified atom stereocenters. The minimum atomic E-state index is -1.82. The smallest absolute Gasteiger partial charge is 0.229 e. The zero-order valence-electron chi connectivity index (χ0n) is 21.9. The van der Waals surface area contributed by atoms with Crippen LogP contribution in [0.3, 0.4) is 0 Å². The maximum atomic E-state index is 12.7. The van der Waals surface area contributed by atoms with Gasteiger partial charge in [-0.25, -0.2) is 0 Å². The lowest BCUT2D eigenvalue weighted by atomic mass is 9.97. The van der Waals surface area contributed by atoms with Gasteiger partial charge in [0.1, 0.15) is 71.0 Å². The van der Waals surface area contributed by atoms with Crippen molar-refractivity contribution in [3.8, 4) is 34.3 Å². The Hall–Kier alpha value is -3.51. The van der Waals surface area contributed by atoms with E-state index in [0.717, 1.165) is 12.1 Å². The van der Waals surface area contributed by atoms with E-state index in [4.69, 9.17) is 23.4 Å². The summed E-state index contributed by atoms with van der Waals surface area (Å²) in [6, 6.07) is 7.09. The molecular formula is C27H30O15. The Morgan fingerprint density at radius 2 is 1.50 bits per heavy atom. The summed E-state index contributed by atoms with van der Waals surface area (Å²) in [7, 11) is 0. The number of aliphatic hydroxyl groups is 6. The Labute approximate surface area is 236 Å². The zero-order valence-corrected chi connectivity index (χ0v) is 21.9. The third kappa shape index (κ3) is 5.49. The molecule has 15 nitrogen and oxygen atoms in total. The lowest BCUT2D eigenvalue weighted by Gasteiger charge is -2.45. The summed E-state index contributed by atoms with van der Waals surface area (Å²) in [5.74, 6) is -1.56. The molecule has 9 N–H and O–H groups in total. The minimum absolute atomic E-state index is 0.0110. The summed E-state index contributed by atoms with van der Waals surface area (Å²) in [6.07, 6.45) is -15.3. The molecule has 2 fully saturated rings. The minimum Gasteiger partial charge on any atom is -0.507 e. The first kappa shape index (κ1) is 30.0. The van der Waals surface area contributed by atoms with Crippen LogP contribution in [-0.4, -0.2) is 114 Å². The maximum Gasteiger partial charge on any atom is 0.229 e. The number of ether oxygens (including phenoxy) is 4. The summed E-state index contributed by atoms with van der Waals surface area (Å²) in [5, 5.41) is 91.4. The van der Waals surface area contributed by atoms with Gasteiger partial charge in [0.15, 0.2) is 23.2 Å². The number of phenols is 3. The molecule has 1 aromatic heterocycles. The topological polar surface area (TPSA) is 249 Å². The van der Waals surface area contributed by atoms with Crippen LogP contribution >= 0.6 is 0 Å². The Morgan fingerprint density at radius 3 is 2.19 bits per heavy atom. The van der Waals surface area contributed by atoms with Crippen LogP contribution in [0.15, 0.2) is 45.6 Å². The van der Waals surface area contributed by atoms with Gasteiger partial charge in [0, 0.05) is 23.8 Å². The molecule has 0 saturated carbocycles. The van der Waals surface area contributed by atoms with Gasteiger partial charge in [-0.3, -0.25) is 4.79 Å². The first-order chi connectivity index (χ1) is 19.9. The van der Waals surface area contributed by atoms with Crippen LogP contribution in [0.1, 0.15) is 6.92 Å². The number of fused-ring (bicyclic) bond motifs is 1. The number of aromatic hydroxyl groups is 3. The Morgan fingerprint density at radius 1 is 0.786 bits per heavy atom. The van der Waals surface area contributed by atoms with Gasteiger partial charge in [-0.1, -0.05) is 0 Å². The highest BCUT2D eigenvalue weighted by Gasteiger charge is 2.50. The predicted octanol–water partition coefficient (Wildman–Crippen LogP) is -1.39. The first-order valence-electron chi connectivity index (χ1n) is 12.9. The van der Waals surface area contributed by atoms with Gasteiger partial charge in [0.2, 0.25) is 6.29 Å². The summed E-state index contributed by atoms with van der Waals surface area (Å²) in [5.41, 5.74) is -0.541. The third-order valence-corrected chi connectivity index (χ3v) is 7.22. The highest BCUT2D eigenvalue weighted by atomic mass is 16.7. The van der Waals surface area contributed by atoms with Crippen LogP contribution in [0.2, 0.25) is 0 Å². The first-order valence-corrected chi connectivity index (χ1v) is 12.9. The second-order valence-electron chi connectivity index (χ2n) is 10.1. The van der Waals surface area contributed by atoms with Gasteiger partial charge in [-0.2, -0.15) is 0 Å². The summed E-state index contributed by atoms with van der Waals surface area (Å²) in [6.45, 7) is 0.670. The van der Waals surface area contributed by atoms with E-state index in [1.165, 1.54) is 31.2 Å². The molecule has 2 aliphatic rings. The van der Waals surface area contributed by atoms with Crippen molar-refractivity contribution >= 4 is 11.0 Å². The van der Waals surface area contributed by atoms with E-state index in [9.17, 15) is 50.8 Å². The predicted molar refractivity (Wildman–Crippen MR) is 139 cm³/mol. The molecule has 0 radical (unpaired) electrons. The molecule has 15 heteroatoms. The monoisotopic (exact) mass is 594 g/mol. The van der Waals surface area contributed by atoms with Gasteiger partial charge in [-0.05, 0) is 25.1 Å². The second-order valence-corrected chi connectivity index (χ2v) is 10.1. The van der Waals surface area contributed by atoms with Crippen molar-refractivity contribution in [1.82, 2.24) is 0 Å². The van der Waals surface area contributed by atoms with E-state index in [-0.39, 0.29) is 33.8 Å². The van der Waals surface area contributed by atoms with Crippen molar-refractivity contribution in [3.63, 3.8) is 0 Å². The zero-order chi connectivity index (χ0) is 30.5. The molecular weight excluding hydrogens is 564 g/mol. The van der Waals surface area contributed by atoms with Crippen LogP contribution in [0, 0.1) is 0 Å². The van der Waals surface area contributed by atoms with Crippen molar-refractivity contribution in [2.45, 2.75) is 68.3 Å². The van der Waals surface area contributed by atoms with E-state index in [0.29, 0.717) is 0 Å². The average molecular weight is 595 g/mol. The molecule has 228 valence electrons. The van der Waals surface area contributed by atoms with Gasteiger partial charge in [-0.15, -0.1) is 0 Å². The van der Waals surface area contributed by atoms with Crippen molar-refractivity contribution in [1.29, 1.82) is 0 Å². The lowest BCUT2D eigenvalue weighted by molar-refractivity contribution is -0.349. The third-order valence-electron chi connectivity index (χ3n) is 7.22. The highest BCUT2D eigenvalue weighted by molar-refractivity contribution is 5.86. The molecule has 0 bridgehead atoms. The van der Waals surface area contributed by atoms with Gasteiger partial charge in [0.25, 0.3) is 0 Å². The van der Waals surface area contributed by atoms with Crippen LogP contribution in [0.25, 0.3) is 22.3 Å².